The molecule has 13 heteroatoms. The van der Waals surface area contributed by atoms with Crippen molar-refractivity contribution in [2.75, 3.05) is 31.6 Å². The number of hydrogen-bond donors (Lipinski definition) is 2. The molecule has 1 aliphatic carbocycles. The topological polar surface area (TPSA) is 128 Å². The van der Waals surface area contributed by atoms with E-state index < -0.39 is 0 Å². The summed E-state index contributed by atoms with van der Waals surface area (Å²) in [5.41, 5.74) is 2.15. The number of ether oxygens (including phenoxy) is 2. The molecule has 0 unspecified atom stereocenters. The van der Waals surface area contributed by atoms with Crippen LogP contribution in [0.2, 0.25) is 5.02 Å². The minimum Gasteiger partial charge on any atom is -0.491 e. The van der Waals surface area contributed by atoms with Crippen LogP contribution in [0.25, 0.3) is 11.1 Å². The van der Waals surface area contributed by atoms with Crippen molar-refractivity contribution in [3.63, 3.8) is 0 Å². The fraction of sp³-hybridized carbons (Fsp3) is 0.464. The van der Waals surface area contributed by atoms with Crippen LogP contribution in [0.5, 0.6) is 11.6 Å². The SMILES string of the molecule is C[C@@H](Cn1cncn1)Oc1cc(-c2cnc(Nc3cn([C@H]4CC[C@H](N5CCOCC5)CC4)nc3O)nc2)ccc1Cl. The highest BCUT2D eigenvalue weighted by Gasteiger charge is 2.28. The van der Waals surface area contributed by atoms with Crippen molar-refractivity contribution in [1.29, 1.82) is 0 Å². The van der Waals surface area contributed by atoms with E-state index in [0.717, 1.165) is 63.1 Å². The average Bonchev–Trinajstić information content (AvgIpc) is 3.64. The Balaban J connectivity index is 1.07. The standard InChI is InChI=1S/C28H34ClN9O3/c1-19(15-37-18-30-17-33-37)41-26-12-20(2-7-24(26)29)21-13-31-28(32-14-21)34-25-16-38(35-27(25)39)23-5-3-22(4-6-23)36-8-10-40-11-9-36/h2,7,12-14,16-19,22-23H,3-6,8-11,15H2,1H3,(H,35,39)(H,31,32,34)/t19-,22-,23-/m0/s1. The summed E-state index contributed by atoms with van der Waals surface area (Å²) in [6, 6.07) is 6.43. The summed E-state index contributed by atoms with van der Waals surface area (Å²) in [5, 5.41) is 22.6. The lowest BCUT2D eigenvalue weighted by Crippen LogP contribution is -2.45. The van der Waals surface area contributed by atoms with Crippen LogP contribution in [0.15, 0.2) is 49.4 Å². The van der Waals surface area contributed by atoms with Crippen molar-refractivity contribution in [2.24, 2.45) is 0 Å². The second kappa shape index (κ2) is 12.4. The Morgan fingerprint density at radius 3 is 2.59 bits per heavy atom. The van der Waals surface area contributed by atoms with Crippen molar-refractivity contribution < 1.29 is 14.6 Å². The van der Waals surface area contributed by atoms with E-state index >= 15 is 0 Å². The van der Waals surface area contributed by atoms with Gasteiger partial charge in [0.05, 0.1) is 37.0 Å². The molecule has 1 saturated carbocycles. The number of halogens is 1. The number of morpholine rings is 1. The van der Waals surface area contributed by atoms with Crippen LogP contribution in [0.3, 0.4) is 0 Å². The molecule has 12 nitrogen and oxygen atoms in total. The van der Waals surface area contributed by atoms with E-state index in [-0.39, 0.29) is 18.0 Å². The van der Waals surface area contributed by atoms with Crippen LogP contribution in [-0.2, 0) is 11.3 Å². The monoisotopic (exact) mass is 579 g/mol. The molecule has 1 aliphatic heterocycles. The molecule has 4 heterocycles. The Bertz CT molecular complexity index is 1420. The largest absolute Gasteiger partial charge is 0.491 e. The Labute approximate surface area is 243 Å². The lowest BCUT2D eigenvalue weighted by atomic mass is 9.90. The van der Waals surface area contributed by atoms with Crippen LogP contribution < -0.4 is 10.1 Å². The Morgan fingerprint density at radius 2 is 1.85 bits per heavy atom. The third kappa shape index (κ3) is 6.61. The molecule has 3 aromatic heterocycles. The molecule has 6 rings (SSSR count). The zero-order valence-corrected chi connectivity index (χ0v) is 23.7. The number of rotatable bonds is 9. The van der Waals surface area contributed by atoms with Gasteiger partial charge < -0.3 is 19.9 Å². The van der Waals surface area contributed by atoms with Crippen molar-refractivity contribution in [3.8, 4) is 22.8 Å². The molecule has 2 fully saturated rings. The molecule has 2 aliphatic rings. The fourth-order valence-corrected chi connectivity index (χ4v) is 5.73. The second-order valence-corrected chi connectivity index (χ2v) is 11.0. The molecule has 216 valence electrons. The van der Waals surface area contributed by atoms with Crippen LogP contribution in [0.4, 0.5) is 11.6 Å². The van der Waals surface area contributed by atoms with Gasteiger partial charge in [0.1, 0.15) is 30.2 Å². The van der Waals surface area contributed by atoms with Gasteiger partial charge in [-0.3, -0.25) is 9.58 Å². The highest BCUT2D eigenvalue weighted by Crippen LogP contribution is 2.35. The van der Waals surface area contributed by atoms with Crippen LogP contribution >= 0.6 is 11.6 Å². The molecule has 4 aromatic rings. The first-order valence-corrected chi connectivity index (χ1v) is 14.4. The molecule has 41 heavy (non-hydrogen) atoms. The minimum absolute atomic E-state index is 0.0625. The van der Waals surface area contributed by atoms with E-state index in [1.165, 1.54) is 6.33 Å². The van der Waals surface area contributed by atoms with Gasteiger partial charge in [-0.1, -0.05) is 17.7 Å². The van der Waals surface area contributed by atoms with Crippen LogP contribution in [-0.4, -0.2) is 83.0 Å². The van der Waals surface area contributed by atoms with Gasteiger partial charge in [-0.25, -0.2) is 19.6 Å². The number of hydrogen-bond acceptors (Lipinski definition) is 10. The van der Waals surface area contributed by atoms with E-state index in [9.17, 15) is 5.11 Å². The summed E-state index contributed by atoms with van der Waals surface area (Å²) in [5.74, 6) is 0.870. The van der Waals surface area contributed by atoms with E-state index in [0.29, 0.717) is 35.0 Å². The number of nitrogens with zero attached hydrogens (tertiary/aromatic N) is 8. The number of benzene rings is 1. The summed E-state index contributed by atoms with van der Waals surface area (Å²) in [7, 11) is 0. The van der Waals surface area contributed by atoms with Crippen molar-refractivity contribution in [2.45, 2.75) is 57.3 Å². The lowest BCUT2D eigenvalue weighted by molar-refractivity contribution is 0.00503. The van der Waals surface area contributed by atoms with Gasteiger partial charge in [0.25, 0.3) is 5.88 Å². The molecule has 2 N–H and O–H groups in total. The highest BCUT2D eigenvalue weighted by atomic mass is 35.5. The number of aromatic nitrogens is 7. The van der Waals surface area contributed by atoms with Crippen molar-refractivity contribution >= 4 is 23.2 Å². The molecule has 0 radical (unpaired) electrons. The first kappa shape index (κ1) is 27.4. The number of nitrogens with one attached hydrogen (secondary N) is 1. The molecule has 1 aromatic carbocycles. The Hall–Kier alpha value is -3.74. The second-order valence-electron chi connectivity index (χ2n) is 10.6. The maximum absolute atomic E-state index is 10.5. The normalized spacial score (nSPS) is 20.5. The molecular formula is C28H34ClN9O3. The highest BCUT2D eigenvalue weighted by molar-refractivity contribution is 6.32. The quantitative estimate of drug-likeness (QED) is 0.296. The van der Waals surface area contributed by atoms with Gasteiger partial charge in [-0.05, 0) is 50.3 Å². The third-order valence-electron chi connectivity index (χ3n) is 7.72. The molecule has 0 spiro atoms. The third-order valence-corrected chi connectivity index (χ3v) is 8.03. The number of anilines is 2. The first-order chi connectivity index (χ1) is 20.0. The predicted molar refractivity (Wildman–Crippen MR) is 153 cm³/mol. The Morgan fingerprint density at radius 1 is 1.10 bits per heavy atom. The number of aromatic hydroxyl groups is 1. The molecule has 0 bridgehead atoms. The molecule has 1 saturated heterocycles. The Kier molecular flexibility index (Phi) is 8.31. The minimum atomic E-state index is -0.166. The molecular weight excluding hydrogens is 546 g/mol. The summed E-state index contributed by atoms with van der Waals surface area (Å²) in [6.07, 6.45) is 12.5. The smallest absolute Gasteiger partial charge is 0.254 e. The van der Waals surface area contributed by atoms with E-state index in [1.54, 1.807) is 29.5 Å². The summed E-state index contributed by atoms with van der Waals surface area (Å²) < 4.78 is 15.1. The summed E-state index contributed by atoms with van der Waals surface area (Å²) >= 11 is 6.40. The summed E-state index contributed by atoms with van der Waals surface area (Å²) in [4.78, 5) is 15.4. The maximum Gasteiger partial charge on any atom is 0.254 e. The van der Waals surface area contributed by atoms with Crippen LogP contribution in [0, 0.1) is 0 Å². The van der Waals surface area contributed by atoms with Gasteiger partial charge in [0.2, 0.25) is 5.95 Å². The maximum atomic E-state index is 10.5. The zero-order chi connectivity index (χ0) is 28.2. The fourth-order valence-electron chi connectivity index (χ4n) is 5.57. The van der Waals surface area contributed by atoms with Gasteiger partial charge >= 0.3 is 0 Å². The van der Waals surface area contributed by atoms with E-state index in [4.69, 9.17) is 21.1 Å². The average molecular weight is 580 g/mol. The zero-order valence-electron chi connectivity index (χ0n) is 22.9. The van der Waals surface area contributed by atoms with E-state index in [1.807, 2.05) is 29.9 Å². The van der Waals surface area contributed by atoms with Crippen molar-refractivity contribution in [1.82, 2.24) is 39.4 Å². The van der Waals surface area contributed by atoms with Gasteiger partial charge in [-0.15, -0.1) is 5.10 Å². The van der Waals surface area contributed by atoms with E-state index in [2.05, 4.69) is 35.4 Å². The van der Waals surface area contributed by atoms with Crippen LogP contribution in [0.1, 0.15) is 38.6 Å². The first-order valence-electron chi connectivity index (χ1n) is 14.0. The van der Waals surface area contributed by atoms with Gasteiger partial charge in [-0.2, -0.15) is 5.10 Å². The van der Waals surface area contributed by atoms with Crippen molar-refractivity contribution in [3.05, 3.63) is 54.5 Å². The van der Waals surface area contributed by atoms with Gasteiger partial charge in [0, 0.05) is 37.1 Å². The molecule has 0 amide bonds. The lowest BCUT2D eigenvalue weighted by Gasteiger charge is -2.38. The predicted octanol–water partition coefficient (Wildman–Crippen LogP) is 4.32. The molecule has 1 atom stereocenters. The van der Waals surface area contributed by atoms with Gasteiger partial charge in [0.15, 0.2) is 0 Å². The summed E-state index contributed by atoms with van der Waals surface area (Å²) in [6.45, 7) is 6.17.